The maximum Gasteiger partial charge on any atom is 0.191 e. The van der Waals surface area contributed by atoms with Crippen LogP contribution in [0.5, 0.6) is 0 Å². The van der Waals surface area contributed by atoms with Crippen LogP contribution in [-0.2, 0) is 19.2 Å². The number of aromatic nitrogens is 3. The maximum atomic E-state index is 13.8. The molecule has 1 aromatic carbocycles. The summed E-state index contributed by atoms with van der Waals surface area (Å²) >= 11 is 9.17. The van der Waals surface area contributed by atoms with Crippen LogP contribution in [0.25, 0.3) is 0 Å². The Bertz CT molecular complexity index is 751. The van der Waals surface area contributed by atoms with E-state index in [1.54, 1.807) is 23.5 Å². The Morgan fingerprint density at radius 2 is 2.14 bits per heavy atom. The maximum absolute atomic E-state index is 13.8. The monoisotopic (exact) mass is 353 g/mol. The van der Waals surface area contributed by atoms with Gasteiger partial charge in [-0.25, -0.2) is 4.39 Å². The number of nitrogens with zero attached hydrogens (tertiary/aromatic N) is 3. The first kappa shape index (κ1) is 15.5. The van der Waals surface area contributed by atoms with E-state index in [2.05, 4.69) is 16.3 Å². The highest BCUT2D eigenvalue weighted by Gasteiger charge is 2.13. The fourth-order valence-electron chi connectivity index (χ4n) is 2.00. The lowest BCUT2D eigenvalue weighted by Gasteiger charge is -2.06. The number of rotatable bonds is 5. The van der Waals surface area contributed by atoms with E-state index in [-0.39, 0.29) is 5.82 Å². The van der Waals surface area contributed by atoms with E-state index in [0.717, 1.165) is 17.4 Å². The molecule has 0 aliphatic carbocycles. The Balaban J connectivity index is 1.72. The van der Waals surface area contributed by atoms with Crippen molar-refractivity contribution in [2.24, 2.45) is 7.05 Å². The zero-order valence-electron chi connectivity index (χ0n) is 11.8. The standard InChI is InChI=1S/C15H13ClFN3S2/c1-20-14(8-10-4-3-7-21-10)18-19-15(20)22-9-11-12(16)5-2-6-13(11)17/h2-7H,8-9H2,1H3. The molecule has 0 unspecified atom stereocenters. The van der Waals surface area contributed by atoms with Gasteiger partial charge in [0.2, 0.25) is 0 Å². The topological polar surface area (TPSA) is 30.7 Å². The minimum atomic E-state index is -0.291. The van der Waals surface area contributed by atoms with Gasteiger partial charge in [0.1, 0.15) is 11.6 Å². The molecule has 0 saturated carbocycles. The zero-order chi connectivity index (χ0) is 15.5. The molecule has 3 aromatic rings. The van der Waals surface area contributed by atoms with E-state index in [4.69, 9.17) is 11.6 Å². The molecule has 0 radical (unpaired) electrons. The molecule has 114 valence electrons. The normalized spacial score (nSPS) is 11.0. The lowest BCUT2D eigenvalue weighted by molar-refractivity contribution is 0.617. The highest BCUT2D eigenvalue weighted by atomic mass is 35.5. The van der Waals surface area contributed by atoms with E-state index < -0.39 is 0 Å². The van der Waals surface area contributed by atoms with Gasteiger partial charge in [-0.3, -0.25) is 0 Å². The molecule has 3 nitrogen and oxygen atoms in total. The molecule has 0 atom stereocenters. The predicted molar refractivity (Wildman–Crippen MR) is 89.1 cm³/mol. The van der Waals surface area contributed by atoms with Crippen molar-refractivity contribution >= 4 is 34.7 Å². The number of halogens is 2. The van der Waals surface area contributed by atoms with Crippen molar-refractivity contribution in [1.82, 2.24) is 14.8 Å². The van der Waals surface area contributed by atoms with Crippen LogP contribution in [0.15, 0.2) is 40.9 Å². The first-order valence-corrected chi connectivity index (χ1v) is 8.86. The second-order valence-corrected chi connectivity index (χ2v) is 7.08. The second kappa shape index (κ2) is 6.81. The Hall–Kier alpha value is -1.37. The molecule has 0 aliphatic rings. The van der Waals surface area contributed by atoms with Gasteiger partial charge >= 0.3 is 0 Å². The SMILES string of the molecule is Cn1c(Cc2cccs2)nnc1SCc1c(F)cccc1Cl. The Kier molecular flexibility index (Phi) is 4.81. The van der Waals surface area contributed by atoms with Crippen molar-refractivity contribution < 1.29 is 4.39 Å². The predicted octanol–water partition coefficient (Wildman–Crippen LogP) is 4.55. The van der Waals surface area contributed by atoms with Crippen molar-refractivity contribution in [2.75, 3.05) is 0 Å². The van der Waals surface area contributed by atoms with Crippen LogP contribution in [0.3, 0.4) is 0 Å². The molecule has 7 heteroatoms. The molecule has 0 bridgehead atoms. The van der Waals surface area contributed by atoms with Crippen molar-refractivity contribution in [3.05, 3.63) is 62.8 Å². The lowest BCUT2D eigenvalue weighted by atomic mass is 10.2. The molecule has 0 aliphatic heterocycles. The quantitative estimate of drug-likeness (QED) is 0.630. The molecular formula is C15H13ClFN3S2. The van der Waals surface area contributed by atoms with Crippen LogP contribution in [0.1, 0.15) is 16.3 Å². The average molecular weight is 354 g/mol. The van der Waals surface area contributed by atoms with Gasteiger partial charge in [0.25, 0.3) is 0 Å². The van der Waals surface area contributed by atoms with E-state index >= 15 is 0 Å². The van der Waals surface area contributed by atoms with E-state index in [9.17, 15) is 4.39 Å². The largest absolute Gasteiger partial charge is 0.309 e. The molecule has 2 aromatic heterocycles. The molecule has 0 spiro atoms. The molecule has 0 amide bonds. The second-order valence-electron chi connectivity index (χ2n) is 4.70. The Morgan fingerprint density at radius 1 is 1.27 bits per heavy atom. The number of thioether (sulfide) groups is 1. The van der Waals surface area contributed by atoms with Gasteiger partial charge in [0.05, 0.1) is 0 Å². The summed E-state index contributed by atoms with van der Waals surface area (Å²) in [5.74, 6) is 1.03. The van der Waals surface area contributed by atoms with Crippen LogP contribution >= 0.6 is 34.7 Å². The number of hydrogen-bond donors (Lipinski definition) is 0. The Morgan fingerprint density at radius 3 is 2.86 bits per heavy atom. The summed E-state index contributed by atoms with van der Waals surface area (Å²) in [5.41, 5.74) is 0.497. The van der Waals surface area contributed by atoms with Crippen LogP contribution in [0.2, 0.25) is 5.02 Å². The van der Waals surface area contributed by atoms with Crippen molar-refractivity contribution in [1.29, 1.82) is 0 Å². The third-order valence-electron chi connectivity index (χ3n) is 3.24. The van der Waals surface area contributed by atoms with Gasteiger partial charge in [0.15, 0.2) is 5.16 Å². The summed E-state index contributed by atoms with van der Waals surface area (Å²) in [5, 5.41) is 11.6. The highest BCUT2D eigenvalue weighted by Crippen LogP contribution is 2.28. The summed E-state index contributed by atoms with van der Waals surface area (Å²) in [7, 11) is 1.92. The van der Waals surface area contributed by atoms with Crippen LogP contribution in [-0.4, -0.2) is 14.8 Å². The molecule has 3 rings (SSSR count). The first-order chi connectivity index (χ1) is 10.6. The van der Waals surface area contributed by atoms with Crippen molar-refractivity contribution in [3.8, 4) is 0 Å². The van der Waals surface area contributed by atoms with Gasteiger partial charge in [-0.1, -0.05) is 35.5 Å². The third kappa shape index (κ3) is 3.34. The van der Waals surface area contributed by atoms with Gasteiger partial charge in [-0.15, -0.1) is 21.5 Å². The number of benzene rings is 1. The number of hydrogen-bond acceptors (Lipinski definition) is 4. The lowest BCUT2D eigenvalue weighted by Crippen LogP contribution is -1.99. The fraction of sp³-hybridized carbons (Fsp3) is 0.200. The summed E-state index contributed by atoms with van der Waals surface area (Å²) in [6.07, 6.45) is 0.752. The van der Waals surface area contributed by atoms with Crippen LogP contribution in [0, 0.1) is 5.82 Å². The highest BCUT2D eigenvalue weighted by molar-refractivity contribution is 7.98. The minimum Gasteiger partial charge on any atom is -0.309 e. The van der Waals surface area contributed by atoms with E-state index in [1.807, 2.05) is 23.1 Å². The molecular weight excluding hydrogens is 341 g/mol. The molecule has 22 heavy (non-hydrogen) atoms. The van der Waals surface area contributed by atoms with Crippen molar-refractivity contribution in [2.45, 2.75) is 17.3 Å². The zero-order valence-corrected chi connectivity index (χ0v) is 14.2. The van der Waals surface area contributed by atoms with E-state index in [1.165, 1.54) is 22.7 Å². The van der Waals surface area contributed by atoms with E-state index in [0.29, 0.717) is 16.3 Å². The van der Waals surface area contributed by atoms with Crippen LogP contribution in [0.4, 0.5) is 4.39 Å². The van der Waals surface area contributed by atoms with Gasteiger partial charge in [-0.2, -0.15) is 0 Å². The summed E-state index contributed by atoms with van der Waals surface area (Å²) < 4.78 is 15.7. The van der Waals surface area contributed by atoms with Gasteiger partial charge in [-0.05, 0) is 23.6 Å². The smallest absolute Gasteiger partial charge is 0.191 e. The molecule has 0 saturated heterocycles. The first-order valence-electron chi connectivity index (χ1n) is 6.61. The van der Waals surface area contributed by atoms with Gasteiger partial charge < -0.3 is 4.57 Å². The molecule has 0 fully saturated rings. The third-order valence-corrected chi connectivity index (χ3v) is 5.52. The Labute approximate surface area is 141 Å². The average Bonchev–Trinajstić information content (AvgIpc) is 3.11. The van der Waals surface area contributed by atoms with Gasteiger partial charge in [0, 0.05) is 34.7 Å². The minimum absolute atomic E-state index is 0.291. The fourth-order valence-corrected chi connectivity index (χ4v) is 3.98. The summed E-state index contributed by atoms with van der Waals surface area (Å²) in [6, 6.07) is 8.81. The molecule has 2 heterocycles. The summed E-state index contributed by atoms with van der Waals surface area (Å²) in [6.45, 7) is 0. The molecule has 0 N–H and O–H groups in total. The van der Waals surface area contributed by atoms with Crippen molar-refractivity contribution in [3.63, 3.8) is 0 Å². The van der Waals surface area contributed by atoms with Crippen LogP contribution < -0.4 is 0 Å². The summed E-state index contributed by atoms with van der Waals surface area (Å²) in [4.78, 5) is 1.24. The number of thiophene rings is 1.